The highest BCUT2D eigenvalue weighted by atomic mass is 16.5. The van der Waals surface area contributed by atoms with Crippen LogP contribution in [0.25, 0.3) is 0 Å². The summed E-state index contributed by atoms with van der Waals surface area (Å²) in [5.41, 5.74) is 2.14. The van der Waals surface area contributed by atoms with Crippen molar-refractivity contribution in [3.63, 3.8) is 0 Å². The van der Waals surface area contributed by atoms with Gasteiger partial charge in [-0.15, -0.1) is 0 Å². The summed E-state index contributed by atoms with van der Waals surface area (Å²) in [5.74, 6) is 0.378. The SMILES string of the molecule is CC(=O)CCc1ccc(O[C@H](C)C(=O)Nc2cccc(C(C)=O)c2)cc1. The largest absolute Gasteiger partial charge is 0.481 e. The minimum absolute atomic E-state index is 0.0599. The Morgan fingerprint density at radius 3 is 2.35 bits per heavy atom. The van der Waals surface area contributed by atoms with Gasteiger partial charge < -0.3 is 14.8 Å². The first-order valence-electron chi connectivity index (χ1n) is 8.52. The number of aryl methyl sites for hydroxylation is 1. The monoisotopic (exact) mass is 353 g/mol. The van der Waals surface area contributed by atoms with Crippen LogP contribution in [0.4, 0.5) is 5.69 Å². The van der Waals surface area contributed by atoms with Gasteiger partial charge in [-0.1, -0.05) is 24.3 Å². The number of ether oxygens (including phenoxy) is 1. The Morgan fingerprint density at radius 2 is 1.73 bits per heavy atom. The summed E-state index contributed by atoms with van der Waals surface area (Å²) in [7, 11) is 0. The number of hydrogen-bond acceptors (Lipinski definition) is 4. The Kier molecular flexibility index (Phi) is 6.67. The van der Waals surface area contributed by atoms with E-state index >= 15 is 0 Å². The molecule has 26 heavy (non-hydrogen) atoms. The summed E-state index contributed by atoms with van der Waals surface area (Å²) in [4.78, 5) is 34.7. The zero-order valence-corrected chi connectivity index (χ0v) is 15.2. The van der Waals surface area contributed by atoms with Crippen LogP contribution in [0.2, 0.25) is 0 Å². The van der Waals surface area contributed by atoms with Crippen molar-refractivity contribution in [3.05, 3.63) is 59.7 Å². The molecule has 5 nitrogen and oxygen atoms in total. The Balaban J connectivity index is 1.93. The van der Waals surface area contributed by atoms with Gasteiger partial charge in [-0.25, -0.2) is 0 Å². The highest BCUT2D eigenvalue weighted by Gasteiger charge is 2.15. The van der Waals surface area contributed by atoms with E-state index in [1.54, 1.807) is 50.2 Å². The van der Waals surface area contributed by atoms with E-state index in [0.29, 0.717) is 29.8 Å². The fraction of sp³-hybridized carbons (Fsp3) is 0.286. The fourth-order valence-electron chi connectivity index (χ4n) is 2.37. The van der Waals surface area contributed by atoms with Crippen LogP contribution in [-0.2, 0) is 16.0 Å². The maximum Gasteiger partial charge on any atom is 0.265 e. The molecule has 1 amide bonds. The van der Waals surface area contributed by atoms with Crippen LogP contribution in [0.15, 0.2) is 48.5 Å². The number of Topliss-reactive ketones (excluding diaryl/α,β-unsaturated/α-hetero) is 2. The second-order valence-corrected chi connectivity index (χ2v) is 6.23. The highest BCUT2D eigenvalue weighted by molar-refractivity contribution is 5.98. The van der Waals surface area contributed by atoms with E-state index in [-0.39, 0.29) is 17.5 Å². The summed E-state index contributed by atoms with van der Waals surface area (Å²) in [5, 5.41) is 2.75. The van der Waals surface area contributed by atoms with Crippen molar-refractivity contribution in [2.24, 2.45) is 0 Å². The van der Waals surface area contributed by atoms with Gasteiger partial charge in [-0.2, -0.15) is 0 Å². The van der Waals surface area contributed by atoms with Crippen molar-refractivity contribution < 1.29 is 19.1 Å². The molecule has 136 valence electrons. The normalized spacial score (nSPS) is 11.5. The van der Waals surface area contributed by atoms with E-state index in [1.165, 1.54) is 6.92 Å². The van der Waals surface area contributed by atoms with Gasteiger partial charge in [-0.05, 0) is 57.0 Å². The summed E-state index contributed by atoms with van der Waals surface area (Å²) in [6.45, 7) is 4.71. The Hall–Kier alpha value is -2.95. The lowest BCUT2D eigenvalue weighted by molar-refractivity contribution is -0.122. The first kappa shape index (κ1) is 19.4. The Labute approximate surface area is 153 Å². The van der Waals surface area contributed by atoms with E-state index in [0.717, 1.165) is 5.56 Å². The van der Waals surface area contributed by atoms with Crippen molar-refractivity contribution in [3.8, 4) is 5.75 Å². The predicted molar refractivity (Wildman–Crippen MR) is 101 cm³/mol. The predicted octanol–water partition coefficient (Wildman–Crippen LogP) is 3.82. The van der Waals surface area contributed by atoms with Crippen molar-refractivity contribution >= 4 is 23.2 Å². The molecule has 0 aliphatic heterocycles. The lowest BCUT2D eigenvalue weighted by Gasteiger charge is -2.15. The average Bonchev–Trinajstić information content (AvgIpc) is 2.61. The molecule has 0 aliphatic carbocycles. The number of hydrogen-bond donors (Lipinski definition) is 1. The number of nitrogens with one attached hydrogen (secondary N) is 1. The highest BCUT2D eigenvalue weighted by Crippen LogP contribution is 2.17. The van der Waals surface area contributed by atoms with Crippen molar-refractivity contribution in [1.29, 1.82) is 0 Å². The van der Waals surface area contributed by atoms with Gasteiger partial charge in [0, 0.05) is 17.7 Å². The second kappa shape index (κ2) is 8.94. The Morgan fingerprint density at radius 1 is 1.04 bits per heavy atom. The zero-order chi connectivity index (χ0) is 19.1. The summed E-state index contributed by atoms with van der Waals surface area (Å²) in [6, 6.07) is 14.1. The number of carbonyl (C=O) groups is 3. The molecule has 0 saturated carbocycles. The lowest BCUT2D eigenvalue weighted by Crippen LogP contribution is -2.30. The van der Waals surface area contributed by atoms with Crippen molar-refractivity contribution in [2.45, 2.75) is 39.7 Å². The molecule has 1 N–H and O–H groups in total. The molecule has 5 heteroatoms. The van der Waals surface area contributed by atoms with Crippen LogP contribution in [-0.4, -0.2) is 23.6 Å². The quantitative estimate of drug-likeness (QED) is 0.732. The van der Waals surface area contributed by atoms with Crippen molar-refractivity contribution in [1.82, 2.24) is 0 Å². The molecular formula is C21H23NO4. The molecule has 0 spiro atoms. The third-order valence-electron chi connectivity index (χ3n) is 3.91. The average molecular weight is 353 g/mol. The third kappa shape index (κ3) is 5.84. The van der Waals surface area contributed by atoms with Crippen LogP contribution in [0.1, 0.15) is 43.1 Å². The summed E-state index contributed by atoms with van der Waals surface area (Å²) in [6.07, 6.45) is 0.510. The van der Waals surface area contributed by atoms with Crippen LogP contribution >= 0.6 is 0 Å². The molecular weight excluding hydrogens is 330 g/mol. The topological polar surface area (TPSA) is 72.5 Å². The summed E-state index contributed by atoms with van der Waals surface area (Å²) >= 11 is 0. The number of carbonyl (C=O) groups excluding carboxylic acids is 3. The molecule has 0 aliphatic rings. The number of anilines is 1. The molecule has 0 fully saturated rings. The first-order valence-corrected chi connectivity index (χ1v) is 8.52. The van der Waals surface area contributed by atoms with Gasteiger partial charge in [0.1, 0.15) is 11.5 Å². The van der Waals surface area contributed by atoms with E-state index in [1.807, 2.05) is 12.1 Å². The number of ketones is 2. The minimum atomic E-state index is -0.695. The maximum atomic E-state index is 12.3. The minimum Gasteiger partial charge on any atom is -0.481 e. The molecule has 2 rings (SSSR count). The van der Waals surface area contributed by atoms with Crippen LogP contribution in [0.3, 0.4) is 0 Å². The van der Waals surface area contributed by atoms with Crippen LogP contribution in [0.5, 0.6) is 5.75 Å². The second-order valence-electron chi connectivity index (χ2n) is 6.23. The summed E-state index contributed by atoms with van der Waals surface area (Å²) < 4.78 is 5.66. The standard InChI is InChI=1S/C21H23NO4/c1-14(23)7-8-17-9-11-20(12-10-17)26-16(3)21(25)22-19-6-4-5-18(13-19)15(2)24/h4-6,9-13,16H,7-8H2,1-3H3,(H,22,25)/t16-/m1/s1. The van der Waals surface area contributed by atoms with Gasteiger partial charge in [0.25, 0.3) is 5.91 Å². The fourth-order valence-corrected chi connectivity index (χ4v) is 2.37. The third-order valence-corrected chi connectivity index (χ3v) is 3.91. The molecule has 0 aromatic heterocycles. The zero-order valence-electron chi connectivity index (χ0n) is 15.2. The molecule has 0 radical (unpaired) electrons. The molecule has 0 heterocycles. The van der Waals surface area contributed by atoms with Gasteiger partial charge in [0.15, 0.2) is 11.9 Å². The molecule has 2 aromatic rings. The van der Waals surface area contributed by atoms with Gasteiger partial charge in [0.2, 0.25) is 0 Å². The van der Waals surface area contributed by atoms with E-state index in [4.69, 9.17) is 4.74 Å². The number of benzene rings is 2. The number of amides is 1. The van der Waals surface area contributed by atoms with Crippen LogP contribution < -0.4 is 10.1 Å². The Bertz CT molecular complexity index is 796. The van der Waals surface area contributed by atoms with E-state index in [9.17, 15) is 14.4 Å². The molecule has 0 saturated heterocycles. The first-order chi connectivity index (χ1) is 12.3. The van der Waals surface area contributed by atoms with Gasteiger partial charge in [0.05, 0.1) is 0 Å². The van der Waals surface area contributed by atoms with Crippen molar-refractivity contribution in [2.75, 3.05) is 5.32 Å². The van der Waals surface area contributed by atoms with E-state index < -0.39 is 6.10 Å². The van der Waals surface area contributed by atoms with E-state index in [2.05, 4.69) is 5.32 Å². The molecule has 0 bridgehead atoms. The maximum absolute atomic E-state index is 12.3. The lowest BCUT2D eigenvalue weighted by atomic mass is 10.1. The molecule has 1 atom stereocenters. The number of rotatable bonds is 8. The molecule has 2 aromatic carbocycles. The molecule has 0 unspecified atom stereocenters. The van der Waals surface area contributed by atoms with Crippen LogP contribution in [0, 0.1) is 0 Å². The smallest absolute Gasteiger partial charge is 0.265 e. The van der Waals surface area contributed by atoms with Gasteiger partial charge in [-0.3, -0.25) is 9.59 Å². The van der Waals surface area contributed by atoms with Gasteiger partial charge >= 0.3 is 0 Å².